The monoisotopic (exact) mass is 253 g/mol. The third-order valence-corrected chi connectivity index (χ3v) is 2.85. The molecule has 1 aromatic carbocycles. The van der Waals surface area contributed by atoms with Crippen LogP contribution in [0.1, 0.15) is 25.8 Å². The van der Waals surface area contributed by atoms with E-state index in [1.807, 2.05) is 19.9 Å². The Morgan fingerprint density at radius 3 is 2.67 bits per heavy atom. The van der Waals surface area contributed by atoms with Crippen molar-refractivity contribution in [1.29, 1.82) is 0 Å². The Hall–Kier alpha value is -1.62. The SMILES string of the molecule is CC(C)N(CCC(N)=NO)Cc1ccccc1F. The van der Waals surface area contributed by atoms with E-state index in [0.717, 1.165) is 0 Å². The van der Waals surface area contributed by atoms with E-state index in [4.69, 9.17) is 10.9 Å². The fourth-order valence-electron chi connectivity index (χ4n) is 1.67. The van der Waals surface area contributed by atoms with Crippen molar-refractivity contribution in [3.8, 4) is 0 Å². The van der Waals surface area contributed by atoms with Crippen LogP contribution in [0.4, 0.5) is 4.39 Å². The largest absolute Gasteiger partial charge is 0.409 e. The minimum Gasteiger partial charge on any atom is -0.409 e. The van der Waals surface area contributed by atoms with Crippen molar-refractivity contribution in [2.24, 2.45) is 10.9 Å². The molecule has 0 amide bonds. The lowest BCUT2D eigenvalue weighted by atomic mass is 10.1. The molecule has 0 spiro atoms. The molecule has 0 aliphatic rings. The number of benzene rings is 1. The summed E-state index contributed by atoms with van der Waals surface area (Å²) in [5, 5.41) is 11.4. The van der Waals surface area contributed by atoms with Crippen molar-refractivity contribution in [3.63, 3.8) is 0 Å². The van der Waals surface area contributed by atoms with E-state index >= 15 is 0 Å². The van der Waals surface area contributed by atoms with Crippen LogP contribution in [0.15, 0.2) is 29.4 Å². The molecule has 0 unspecified atom stereocenters. The van der Waals surface area contributed by atoms with Crippen LogP contribution in [0.25, 0.3) is 0 Å². The smallest absolute Gasteiger partial charge is 0.140 e. The van der Waals surface area contributed by atoms with Crippen LogP contribution in [0, 0.1) is 5.82 Å². The molecule has 5 heteroatoms. The Balaban J connectivity index is 2.66. The minimum absolute atomic E-state index is 0.189. The van der Waals surface area contributed by atoms with Crippen molar-refractivity contribution in [2.45, 2.75) is 32.9 Å². The second kappa shape index (κ2) is 6.96. The van der Waals surface area contributed by atoms with E-state index in [1.165, 1.54) is 6.07 Å². The van der Waals surface area contributed by atoms with Crippen LogP contribution < -0.4 is 5.73 Å². The molecule has 0 saturated heterocycles. The lowest BCUT2D eigenvalue weighted by Gasteiger charge is -2.26. The molecule has 3 N–H and O–H groups in total. The average molecular weight is 253 g/mol. The molecule has 0 aliphatic carbocycles. The molecule has 4 nitrogen and oxygen atoms in total. The molecule has 0 aliphatic heterocycles. The molecule has 0 aromatic heterocycles. The maximum Gasteiger partial charge on any atom is 0.140 e. The molecule has 0 saturated carbocycles. The highest BCUT2D eigenvalue weighted by Crippen LogP contribution is 2.12. The maximum atomic E-state index is 13.6. The number of halogens is 1. The van der Waals surface area contributed by atoms with Crippen molar-refractivity contribution in [3.05, 3.63) is 35.6 Å². The number of nitrogens with zero attached hydrogens (tertiary/aromatic N) is 2. The van der Waals surface area contributed by atoms with Gasteiger partial charge in [-0.1, -0.05) is 23.4 Å². The Bertz CT molecular complexity index is 407. The number of hydrogen-bond acceptors (Lipinski definition) is 3. The molecule has 1 aromatic rings. The molecule has 1 rings (SSSR count). The number of amidine groups is 1. The summed E-state index contributed by atoms with van der Waals surface area (Å²) in [5.74, 6) is -0.0128. The van der Waals surface area contributed by atoms with Crippen molar-refractivity contribution >= 4 is 5.84 Å². The molecular formula is C13H20FN3O. The van der Waals surface area contributed by atoms with E-state index in [9.17, 15) is 4.39 Å². The fourth-order valence-corrected chi connectivity index (χ4v) is 1.67. The van der Waals surface area contributed by atoms with Gasteiger partial charge in [-0.15, -0.1) is 0 Å². The quantitative estimate of drug-likeness (QED) is 0.353. The summed E-state index contributed by atoms with van der Waals surface area (Å²) < 4.78 is 13.6. The van der Waals surface area contributed by atoms with Gasteiger partial charge in [-0.05, 0) is 19.9 Å². The second-order valence-electron chi connectivity index (χ2n) is 4.50. The second-order valence-corrected chi connectivity index (χ2v) is 4.50. The highest BCUT2D eigenvalue weighted by Gasteiger charge is 2.12. The molecule has 0 fully saturated rings. The molecule has 0 atom stereocenters. The van der Waals surface area contributed by atoms with Crippen molar-refractivity contribution in [1.82, 2.24) is 4.90 Å². The van der Waals surface area contributed by atoms with Crippen LogP contribution in [-0.4, -0.2) is 28.5 Å². The normalized spacial score (nSPS) is 12.4. The van der Waals surface area contributed by atoms with Gasteiger partial charge in [0.1, 0.15) is 11.7 Å². The van der Waals surface area contributed by atoms with Gasteiger partial charge >= 0.3 is 0 Å². The number of oxime groups is 1. The topological polar surface area (TPSA) is 61.8 Å². The van der Waals surface area contributed by atoms with Crippen molar-refractivity contribution < 1.29 is 9.60 Å². The number of rotatable bonds is 6. The van der Waals surface area contributed by atoms with Gasteiger partial charge in [-0.3, -0.25) is 4.90 Å². The highest BCUT2D eigenvalue weighted by molar-refractivity contribution is 5.79. The maximum absolute atomic E-state index is 13.6. The van der Waals surface area contributed by atoms with Gasteiger partial charge in [-0.2, -0.15) is 0 Å². The van der Waals surface area contributed by atoms with E-state index in [-0.39, 0.29) is 17.7 Å². The first-order chi connectivity index (χ1) is 8.54. The molecule has 0 bridgehead atoms. The minimum atomic E-state index is -0.202. The summed E-state index contributed by atoms with van der Waals surface area (Å²) in [5.41, 5.74) is 6.10. The van der Waals surface area contributed by atoms with Crippen LogP contribution in [0.2, 0.25) is 0 Å². The summed E-state index contributed by atoms with van der Waals surface area (Å²) in [7, 11) is 0. The summed E-state index contributed by atoms with van der Waals surface area (Å²) in [6, 6.07) is 6.98. The van der Waals surface area contributed by atoms with Gasteiger partial charge in [0.05, 0.1) is 0 Å². The Kier molecular flexibility index (Phi) is 5.58. The summed E-state index contributed by atoms with van der Waals surface area (Å²) in [6.45, 7) is 5.21. The van der Waals surface area contributed by atoms with Gasteiger partial charge in [0.15, 0.2) is 0 Å². The highest BCUT2D eigenvalue weighted by atomic mass is 19.1. The molecule has 18 heavy (non-hydrogen) atoms. The van der Waals surface area contributed by atoms with Crippen LogP contribution >= 0.6 is 0 Å². The summed E-state index contributed by atoms with van der Waals surface area (Å²) in [6.07, 6.45) is 0.461. The Labute approximate surface area is 107 Å². The molecule has 100 valence electrons. The van der Waals surface area contributed by atoms with Gasteiger partial charge in [0, 0.05) is 31.1 Å². The number of nitrogens with two attached hydrogens (primary N) is 1. The zero-order chi connectivity index (χ0) is 13.5. The Morgan fingerprint density at radius 1 is 1.44 bits per heavy atom. The van der Waals surface area contributed by atoms with Gasteiger partial charge in [0.25, 0.3) is 0 Å². The summed E-state index contributed by atoms with van der Waals surface area (Å²) in [4.78, 5) is 2.08. The predicted molar refractivity (Wildman–Crippen MR) is 70.0 cm³/mol. The summed E-state index contributed by atoms with van der Waals surface area (Å²) >= 11 is 0. The van der Waals surface area contributed by atoms with Crippen LogP contribution in [0.5, 0.6) is 0 Å². The first-order valence-electron chi connectivity index (χ1n) is 5.98. The first-order valence-corrected chi connectivity index (χ1v) is 5.98. The van der Waals surface area contributed by atoms with E-state index in [2.05, 4.69) is 10.1 Å². The number of hydrogen-bond donors (Lipinski definition) is 2. The zero-order valence-electron chi connectivity index (χ0n) is 10.8. The average Bonchev–Trinajstić information content (AvgIpc) is 2.35. The van der Waals surface area contributed by atoms with E-state index < -0.39 is 0 Å². The lowest BCUT2D eigenvalue weighted by Crippen LogP contribution is -2.33. The first kappa shape index (κ1) is 14.4. The van der Waals surface area contributed by atoms with E-state index in [1.54, 1.807) is 12.1 Å². The molecular weight excluding hydrogens is 233 g/mol. The van der Waals surface area contributed by atoms with Gasteiger partial charge in [-0.25, -0.2) is 4.39 Å². The lowest BCUT2D eigenvalue weighted by molar-refractivity contribution is 0.215. The molecule has 0 heterocycles. The Morgan fingerprint density at radius 2 is 2.11 bits per heavy atom. The van der Waals surface area contributed by atoms with Crippen molar-refractivity contribution in [2.75, 3.05) is 6.54 Å². The van der Waals surface area contributed by atoms with Crippen LogP contribution in [0.3, 0.4) is 0 Å². The standard InChI is InChI=1S/C13H20FN3O/c1-10(2)17(8-7-13(15)16-18)9-11-5-3-4-6-12(11)14/h3-6,10,18H,7-9H2,1-2H3,(H2,15,16). The van der Waals surface area contributed by atoms with E-state index in [0.29, 0.717) is 25.1 Å². The van der Waals surface area contributed by atoms with Gasteiger partial charge in [0.2, 0.25) is 0 Å². The zero-order valence-corrected chi connectivity index (χ0v) is 10.8. The third-order valence-electron chi connectivity index (χ3n) is 2.85. The van der Waals surface area contributed by atoms with Crippen LogP contribution in [-0.2, 0) is 6.54 Å². The van der Waals surface area contributed by atoms with Gasteiger partial charge < -0.3 is 10.9 Å². The predicted octanol–water partition coefficient (Wildman–Crippen LogP) is 2.17. The third kappa shape index (κ3) is 4.33. The fraction of sp³-hybridized carbons (Fsp3) is 0.462. The molecule has 0 radical (unpaired) electrons.